The molecule has 1 N–H and O–H groups in total. The van der Waals surface area contributed by atoms with E-state index in [1.54, 1.807) is 0 Å². The van der Waals surface area contributed by atoms with Crippen LogP contribution in [0.4, 0.5) is 0 Å². The van der Waals surface area contributed by atoms with Crippen molar-refractivity contribution in [2.24, 2.45) is 22.7 Å². The van der Waals surface area contributed by atoms with Crippen LogP contribution in [0.2, 0.25) is 0 Å². The second kappa shape index (κ2) is 3.97. The lowest BCUT2D eigenvalue weighted by Gasteiger charge is -2.10. The molecule has 88 valence electrons. The molecule has 0 heterocycles. The van der Waals surface area contributed by atoms with Crippen molar-refractivity contribution in [1.29, 1.82) is 0 Å². The summed E-state index contributed by atoms with van der Waals surface area (Å²) in [5, 5.41) is 2.98. The van der Waals surface area contributed by atoms with E-state index in [1.165, 1.54) is 0 Å². The zero-order valence-electron chi connectivity index (χ0n) is 10.4. The zero-order chi connectivity index (χ0) is 11.9. The van der Waals surface area contributed by atoms with Crippen LogP contribution in [0.1, 0.15) is 34.6 Å². The molecule has 1 fully saturated rings. The summed E-state index contributed by atoms with van der Waals surface area (Å²) < 4.78 is 0. The molecule has 1 aliphatic carbocycles. The zero-order valence-corrected chi connectivity index (χ0v) is 11.1. The van der Waals surface area contributed by atoms with Gasteiger partial charge in [-0.05, 0) is 16.7 Å². The lowest BCUT2D eigenvalue weighted by atomic mass is 10.0. The summed E-state index contributed by atoms with van der Waals surface area (Å²) in [6.45, 7) is 11.3. The second-order valence-corrected chi connectivity index (χ2v) is 6.19. The summed E-state index contributed by atoms with van der Waals surface area (Å²) in [6, 6.07) is 0. The standard InChI is InChI=1S/C12H22ClNO/c1-8(6-13)7-14-10(15)9-11(2,3)12(9,4)5/h8-9H,6-7H2,1-5H3,(H,14,15). The Kier molecular flexibility index (Phi) is 3.39. The molecule has 0 aliphatic heterocycles. The highest BCUT2D eigenvalue weighted by Crippen LogP contribution is 2.68. The van der Waals surface area contributed by atoms with Gasteiger partial charge < -0.3 is 5.32 Å². The van der Waals surface area contributed by atoms with Crippen LogP contribution >= 0.6 is 11.6 Å². The van der Waals surface area contributed by atoms with Crippen molar-refractivity contribution < 1.29 is 4.79 Å². The van der Waals surface area contributed by atoms with E-state index < -0.39 is 0 Å². The molecular formula is C12H22ClNO. The van der Waals surface area contributed by atoms with Gasteiger partial charge in [-0.2, -0.15) is 0 Å². The minimum Gasteiger partial charge on any atom is -0.356 e. The number of hydrogen-bond donors (Lipinski definition) is 1. The fourth-order valence-electron chi connectivity index (χ4n) is 2.28. The number of halogens is 1. The van der Waals surface area contributed by atoms with E-state index in [1.807, 2.05) is 6.92 Å². The molecule has 0 radical (unpaired) electrons. The van der Waals surface area contributed by atoms with Crippen molar-refractivity contribution in [3.05, 3.63) is 0 Å². The number of amides is 1. The molecule has 0 bridgehead atoms. The van der Waals surface area contributed by atoms with Gasteiger partial charge in [-0.25, -0.2) is 0 Å². The van der Waals surface area contributed by atoms with Gasteiger partial charge in [0.25, 0.3) is 0 Å². The van der Waals surface area contributed by atoms with Crippen molar-refractivity contribution in [2.75, 3.05) is 12.4 Å². The first-order chi connectivity index (χ1) is 6.75. The van der Waals surface area contributed by atoms with Gasteiger partial charge in [0.2, 0.25) is 5.91 Å². The molecule has 1 saturated carbocycles. The Balaban J connectivity index is 2.45. The van der Waals surface area contributed by atoms with E-state index in [0.717, 1.165) is 0 Å². The maximum absolute atomic E-state index is 11.9. The van der Waals surface area contributed by atoms with Gasteiger partial charge in [0.15, 0.2) is 0 Å². The van der Waals surface area contributed by atoms with Crippen LogP contribution in [0.3, 0.4) is 0 Å². The summed E-state index contributed by atoms with van der Waals surface area (Å²) >= 11 is 5.69. The highest BCUT2D eigenvalue weighted by atomic mass is 35.5. The van der Waals surface area contributed by atoms with Crippen LogP contribution in [0.15, 0.2) is 0 Å². The smallest absolute Gasteiger partial charge is 0.224 e. The maximum atomic E-state index is 11.9. The summed E-state index contributed by atoms with van der Waals surface area (Å²) in [4.78, 5) is 11.9. The molecule has 1 amide bonds. The van der Waals surface area contributed by atoms with Crippen molar-refractivity contribution in [3.8, 4) is 0 Å². The van der Waals surface area contributed by atoms with Crippen molar-refractivity contribution in [2.45, 2.75) is 34.6 Å². The van der Waals surface area contributed by atoms with Gasteiger partial charge >= 0.3 is 0 Å². The molecule has 0 aromatic rings. The third kappa shape index (κ3) is 2.15. The van der Waals surface area contributed by atoms with Crippen LogP contribution < -0.4 is 5.32 Å². The largest absolute Gasteiger partial charge is 0.356 e. The normalized spacial score (nSPS) is 24.7. The van der Waals surface area contributed by atoms with Crippen LogP contribution in [-0.4, -0.2) is 18.3 Å². The van der Waals surface area contributed by atoms with Gasteiger partial charge in [0, 0.05) is 18.3 Å². The third-order valence-electron chi connectivity index (χ3n) is 4.17. The molecule has 0 spiro atoms. The average molecular weight is 232 g/mol. The van der Waals surface area contributed by atoms with Crippen LogP contribution in [0, 0.1) is 22.7 Å². The third-order valence-corrected chi connectivity index (χ3v) is 4.70. The molecule has 0 aromatic carbocycles. The Morgan fingerprint density at radius 1 is 1.33 bits per heavy atom. The van der Waals surface area contributed by atoms with E-state index in [-0.39, 0.29) is 22.7 Å². The Morgan fingerprint density at radius 2 is 1.80 bits per heavy atom. The topological polar surface area (TPSA) is 29.1 Å². The highest BCUT2D eigenvalue weighted by Gasteiger charge is 2.68. The van der Waals surface area contributed by atoms with E-state index >= 15 is 0 Å². The fourth-order valence-corrected chi connectivity index (χ4v) is 2.39. The first kappa shape index (κ1) is 12.8. The number of rotatable bonds is 4. The van der Waals surface area contributed by atoms with Gasteiger partial charge in [-0.15, -0.1) is 11.6 Å². The van der Waals surface area contributed by atoms with E-state index in [9.17, 15) is 4.79 Å². The molecule has 1 rings (SSSR count). The van der Waals surface area contributed by atoms with E-state index in [2.05, 4.69) is 33.0 Å². The molecular weight excluding hydrogens is 210 g/mol. The van der Waals surface area contributed by atoms with Crippen LogP contribution in [0.25, 0.3) is 0 Å². The Hall–Kier alpha value is -0.240. The molecule has 1 unspecified atom stereocenters. The quantitative estimate of drug-likeness (QED) is 0.741. The summed E-state index contributed by atoms with van der Waals surface area (Å²) in [7, 11) is 0. The van der Waals surface area contributed by atoms with Crippen molar-refractivity contribution in [1.82, 2.24) is 5.32 Å². The molecule has 15 heavy (non-hydrogen) atoms. The monoisotopic (exact) mass is 231 g/mol. The lowest BCUT2D eigenvalue weighted by Crippen LogP contribution is -2.31. The van der Waals surface area contributed by atoms with Gasteiger partial charge in [-0.1, -0.05) is 34.6 Å². The summed E-state index contributed by atoms with van der Waals surface area (Å²) in [5.74, 6) is 1.27. The molecule has 0 saturated heterocycles. The Labute approximate surface area is 97.8 Å². The molecule has 2 nitrogen and oxygen atoms in total. The van der Waals surface area contributed by atoms with Crippen LogP contribution in [0.5, 0.6) is 0 Å². The number of alkyl halides is 1. The Morgan fingerprint density at radius 3 is 2.13 bits per heavy atom. The lowest BCUT2D eigenvalue weighted by molar-refractivity contribution is -0.123. The van der Waals surface area contributed by atoms with E-state index in [0.29, 0.717) is 18.3 Å². The predicted molar refractivity (Wildman–Crippen MR) is 63.9 cm³/mol. The van der Waals surface area contributed by atoms with Gasteiger partial charge in [-0.3, -0.25) is 4.79 Å². The highest BCUT2D eigenvalue weighted by molar-refractivity contribution is 6.18. The predicted octanol–water partition coefficient (Wildman–Crippen LogP) is 2.66. The number of hydrogen-bond acceptors (Lipinski definition) is 1. The Bertz CT molecular complexity index is 246. The second-order valence-electron chi connectivity index (χ2n) is 5.88. The minimum atomic E-state index is 0.126. The van der Waals surface area contributed by atoms with Gasteiger partial charge in [0.05, 0.1) is 0 Å². The molecule has 0 aromatic heterocycles. The van der Waals surface area contributed by atoms with E-state index in [4.69, 9.17) is 11.6 Å². The molecule has 1 atom stereocenters. The summed E-state index contributed by atoms with van der Waals surface area (Å²) in [5.41, 5.74) is 0.253. The molecule has 3 heteroatoms. The van der Waals surface area contributed by atoms with Crippen molar-refractivity contribution in [3.63, 3.8) is 0 Å². The van der Waals surface area contributed by atoms with Gasteiger partial charge in [0.1, 0.15) is 0 Å². The SMILES string of the molecule is CC(CCl)CNC(=O)C1C(C)(C)C1(C)C. The number of carbonyl (C=O) groups excluding carboxylic acids is 1. The number of nitrogens with one attached hydrogen (secondary N) is 1. The summed E-state index contributed by atoms with van der Waals surface area (Å²) in [6.07, 6.45) is 0. The molecule has 1 aliphatic rings. The first-order valence-corrected chi connectivity index (χ1v) is 6.12. The first-order valence-electron chi connectivity index (χ1n) is 5.58. The maximum Gasteiger partial charge on any atom is 0.224 e. The fraction of sp³-hybridized carbons (Fsp3) is 0.917. The number of carbonyl (C=O) groups is 1. The van der Waals surface area contributed by atoms with Crippen LogP contribution in [-0.2, 0) is 4.79 Å². The van der Waals surface area contributed by atoms with Crippen molar-refractivity contribution >= 4 is 17.5 Å². The average Bonchev–Trinajstić information content (AvgIpc) is 2.53. The minimum absolute atomic E-state index is 0.126.